The summed E-state index contributed by atoms with van der Waals surface area (Å²) in [6.45, 7) is -2.53. The second-order valence-electron chi connectivity index (χ2n) is 5.12. The van der Waals surface area contributed by atoms with E-state index < -0.39 is 19.0 Å². The Hall–Kier alpha value is -1.27. The Morgan fingerprint density at radius 1 is 1.15 bits per heavy atom. The number of hydroxylamine groups is 1. The quantitative estimate of drug-likeness (QED) is 0.441. The second-order valence-corrected chi connectivity index (χ2v) is 8.40. The van der Waals surface area contributed by atoms with Crippen LogP contribution in [-0.4, -0.2) is 12.0 Å². The number of carbonyl (C=O) groups excluding carboxylic acids is 1. The first-order valence-corrected chi connectivity index (χ1v) is 10.6. The van der Waals surface area contributed by atoms with Crippen molar-refractivity contribution in [2.24, 2.45) is 0 Å². The Bertz CT molecular complexity index is 806. The molecule has 10 heteroatoms. The smallest absolute Gasteiger partial charge is 0.405 e. The fraction of sp³-hybridized carbons (Fsp3) is 0.188. The Labute approximate surface area is 165 Å². The van der Waals surface area contributed by atoms with Crippen LogP contribution in [-0.2, 0) is 25.3 Å². The average molecular weight is 439 g/mol. The molecule has 0 aromatic heterocycles. The van der Waals surface area contributed by atoms with Crippen molar-refractivity contribution in [1.82, 2.24) is 5.48 Å². The van der Waals surface area contributed by atoms with Crippen molar-refractivity contribution in [2.75, 3.05) is 0 Å². The normalized spacial score (nSPS) is 14.3. The molecule has 6 nitrogen and oxygen atoms in total. The van der Waals surface area contributed by atoms with Gasteiger partial charge in [0.2, 0.25) is 0 Å². The van der Waals surface area contributed by atoms with Gasteiger partial charge in [0.05, 0.1) is 16.7 Å². The lowest BCUT2D eigenvalue weighted by Gasteiger charge is -2.16. The minimum absolute atomic E-state index is 0.0477. The molecule has 1 unspecified atom stereocenters. The molecule has 1 N–H and O–H groups in total. The van der Waals surface area contributed by atoms with Gasteiger partial charge in [-0.3, -0.25) is 4.84 Å². The van der Waals surface area contributed by atoms with Gasteiger partial charge in [-0.25, -0.2) is 9.36 Å². The van der Waals surface area contributed by atoms with E-state index in [4.69, 9.17) is 48.3 Å². The Kier molecular flexibility index (Phi) is 7.77. The number of benzene rings is 2. The molecule has 26 heavy (non-hydrogen) atoms. The van der Waals surface area contributed by atoms with Gasteiger partial charge in [-0.05, 0) is 24.6 Å². The molecular formula is C16H15Cl3NO5P. The summed E-state index contributed by atoms with van der Waals surface area (Å²) in [6.07, 6.45) is 0. The summed E-state index contributed by atoms with van der Waals surface area (Å²) in [5.41, 5.74) is 3.39. The summed E-state index contributed by atoms with van der Waals surface area (Å²) in [5.74, 6) is -0.858. The lowest BCUT2D eigenvalue weighted by atomic mass is 10.2. The SMILES string of the molecule is C[C@@H](NOCc1ccccc1)C(=O)OP(=O)(Cl)Oc1ccc(Cl)c(Cl)c1. The molecule has 2 aromatic carbocycles. The highest BCUT2D eigenvalue weighted by Gasteiger charge is 2.30. The highest BCUT2D eigenvalue weighted by molar-refractivity contribution is 7.82. The second kappa shape index (κ2) is 9.60. The van der Waals surface area contributed by atoms with Gasteiger partial charge in [-0.15, -0.1) is 0 Å². The minimum Gasteiger partial charge on any atom is -0.405 e. The topological polar surface area (TPSA) is 73.9 Å². The maximum absolute atomic E-state index is 12.1. The van der Waals surface area contributed by atoms with E-state index in [-0.39, 0.29) is 22.4 Å². The van der Waals surface area contributed by atoms with E-state index in [0.29, 0.717) is 0 Å². The van der Waals surface area contributed by atoms with Crippen molar-refractivity contribution < 1.29 is 23.2 Å². The van der Waals surface area contributed by atoms with E-state index in [1.807, 2.05) is 30.3 Å². The van der Waals surface area contributed by atoms with Crippen LogP contribution in [0.4, 0.5) is 0 Å². The summed E-state index contributed by atoms with van der Waals surface area (Å²) in [7, 11) is 0. The van der Waals surface area contributed by atoms with Crippen molar-refractivity contribution in [3.05, 3.63) is 64.1 Å². The molecule has 0 aliphatic rings. The summed E-state index contributed by atoms with van der Waals surface area (Å²) < 4.78 is 21.9. The summed E-state index contributed by atoms with van der Waals surface area (Å²) in [5, 5.41) is 0.463. The monoisotopic (exact) mass is 437 g/mol. The number of rotatable bonds is 8. The predicted octanol–water partition coefficient (Wildman–Crippen LogP) is 5.37. The highest BCUT2D eigenvalue weighted by Crippen LogP contribution is 2.54. The van der Waals surface area contributed by atoms with E-state index in [0.717, 1.165) is 5.56 Å². The lowest BCUT2D eigenvalue weighted by molar-refractivity contribution is -0.141. The Balaban J connectivity index is 1.84. The molecule has 2 atom stereocenters. The molecule has 0 heterocycles. The zero-order valence-corrected chi connectivity index (χ0v) is 16.7. The third kappa shape index (κ3) is 6.80. The van der Waals surface area contributed by atoms with E-state index in [9.17, 15) is 9.36 Å². The van der Waals surface area contributed by atoms with Gasteiger partial charge >= 0.3 is 12.9 Å². The summed E-state index contributed by atoms with van der Waals surface area (Å²) in [6, 6.07) is 12.5. The van der Waals surface area contributed by atoms with Crippen molar-refractivity contribution in [1.29, 1.82) is 0 Å². The zero-order valence-electron chi connectivity index (χ0n) is 13.5. The zero-order chi connectivity index (χ0) is 19.2. The van der Waals surface area contributed by atoms with Crippen molar-refractivity contribution in [2.45, 2.75) is 19.6 Å². The van der Waals surface area contributed by atoms with Gasteiger partial charge in [-0.1, -0.05) is 53.5 Å². The third-order valence-electron chi connectivity index (χ3n) is 3.00. The van der Waals surface area contributed by atoms with Crippen molar-refractivity contribution in [3.63, 3.8) is 0 Å². The fourth-order valence-electron chi connectivity index (χ4n) is 1.74. The maximum atomic E-state index is 12.1. The Morgan fingerprint density at radius 2 is 1.85 bits per heavy atom. The third-order valence-corrected chi connectivity index (χ3v) is 4.98. The molecule has 0 saturated carbocycles. The van der Waals surface area contributed by atoms with Crippen LogP contribution in [0.3, 0.4) is 0 Å². The molecule has 0 aliphatic heterocycles. The van der Waals surface area contributed by atoms with E-state index in [1.165, 1.54) is 25.1 Å². The largest absolute Gasteiger partial charge is 0.532 e. The molecule has 0 fully saturated rings. The number of halogens is 3. The number of nitrogens with one attached hydrogen (secondary N) is 1. The molecule has 0 saturated heterocycles. The number of hydrogen-bond donors (Lipinski definition) is 1. The van der Waals surface area contributed by atoms with Crippen LogP contribution in [0.1, 0.15) is 12.5 Å². The first kappa shape index (κ1) is 21.0. The van der Waals surface area contributed by atoms with Gasteiger partial charge in [0, 0.05) is 17.3 Å². The number of hydrogen-bond acceptors (Lipinski definition) is 6. The predicted molar refractivity (Wildman–Crippen MR) is 100 cm³/mol. The van der Waals surface area contributed by atoms with Gasteiger partial charge in [0.1, 0.15) is 11.8 Å². The lowest BCUT2D eigenvalue weighted by Crippen LogP contribution is -2.34. The van der Waals surface area contributed by atoms with Gasteiger partial charge in [-0.2, -0.15) is 5.48 Å². The molecule has 0 spiro atoms. The molecule has 2 rings (SSSR count). The van der Waals surface area contributed by atoms with Crippen molar-refractivity contribution in [3.8, 4) is 5.75 Å². The van der Waals surface area contributed by atoms with Crippen molar-refractivity contribution >= 4 is 47.4 Å². The Morgan fingerprint density at radius 3 is 2.50 bits per heavy atom. The standard InChI is InChI=1S/C16H15Cl3NO5P/c1-11(20-23-10-12-5-3-2-4-6-12)16(21)25-26(19,22)24-13-7-8-14(17)15(18)9-13/h2-9,11,20H,10H2,1H3/t11-,26?/m1/s1. The number of carbonyl (C=O) groups is 1. The van der Waals surface area contributed by atoms with Gasteiger partial charge < -0.3 is 9.05 Å². The first-order chi connectivity index (χ1) is 12.3. The van der Waals surface area contributed by atoms with E-state index in [2.05, 4.69) is 5.48 Å². The highest BCUT2D eigenvalue weighted by atomic mass is 35.7. The summed E-state index contributed by atoms with van der Waals surface area (Å²) in [4.78, 5) is 17.2. The van der Waals surface area contributed by atoms with Gasteiger partial charge in [0.25, 0.3) is 0 Å². The van der Waals surface area contributed by atoms with Crippen LogP contribution in [0.15, 0.2) is 48.5 Å². The van der Waals surface area contributed by atoms with Gasteiger partial charge in [0.15, 0.2) is 0 Å². The minimum atomic E-state index is -4.22. The van der Waals surface area contributed by atoms with Crippen LogP contribution < -0.4 is 10.0 Å². The molecule has 0 amide bonds. The molecule has 140 valence electrons. The maximum Gasteiger partial charge on any atom is 0.532 e. The van der Waals surface area contributed by atoms with E-state index in [1.54, 1.807) is 0 Å². The summed E-state index contributed by atoms with van der Waals surface area (Å²) >= 11 is 17.3. The average Bonchev–Trinajstić information content (AvgIpc) is 2.58. The van der Waals surface area contributed by atoms with Crippen LogP contribution in [0.5, 0.6) is 5.75 Å². The van der Waals surface area contributed by atoms with Crippen LogP contribution in [0.2, 0.25) is 10.0 Å². The molecule has 0 bridgehead atoms. The van der Waals surface area contributed by atoms with E-state index >= 15 is 0 Å². The van der Waals surface area contributed by atoms with Crippen LogP contribution >= 0.6 is 41.4 Å². The van der Waals surface area contributed by atoms with Crippen LogP contribution in [0.25, 0.3) is 0 Å². The first-order valence-electron chi connectivity index (χ1n) is 7.36. The molecule has 0 aliphatic carbocycles. The molecular weight excluding hydrogens is 424 g/mol. The van der Waals surface area contributed by atoms with Crippen LogP contribution in [0, 0.1) is 0 Å². The fourth-order valence-corrected chi connectivity index (χ4v) is 3.24. The molecule has 0 radical (unpaired) electrons. The molecule has 2 aromatic rings.